The molecule has 3 heteroatoms. The molecule has 0 aromatic heterocycles. The molecule has 0 aliphatic carbocycles. The van der Waals surface area contributed by atoms with E-state index in [-0.39, 0.29) is 6.09 Å². The number of amides is 1. The van der Waals surface area contributed by atoms with Gasteiger partial charge in [0.05, 0.1) is 0 Å². The molecular weight excluding hydrogens is 214 g/mol. The Morgan fingerprint density at radius 3 is 2.35 bits per heavy atom. The number of carbonyl (C=O) groups is 1. The Bertz CT molecular complexity index is 380. The van der Waals surface area contributed by atoms with E-state index < -0.39 is 5.60 Å². The number of benzene rings is 1. The van der Waals surface area contributed by atoms with Crippen LogP contribution in [0.4, 0.5) is 4.79 Å². The predicted molar refractivity (Wildman–Crippen MR) is 66.8 cm³/mol. The SMILES string of the molecule is CC(C)(OC(=O)N1CCCC1)c1ccccc1. The molecule has 1 aliphatic rings. The van der Waals surface area contributed by atoms with Gasteiger partial charge >= 0.3 is 6.09 Å². The Morgan fingerprint density at radius 1 is 1.18 bits per heavy atom. The zero-order chi connectivity index (χ0) is 12.3. The third-order valence-electron chi connectivity index (χ3n) is 3.18. The van der Waals surface area contributed by atoms with Gasteiger partial charge in [0.15, 0.2) is 0 Å². The second-order valence-corrected chi connectivity index (χ2v) is 4.94. The number of likely N-dealkylation sites (tertiary alicyclic amines) is 1. The first-order valence-electron chi connectivity index (χ1n) is 6.13. The van der Waals surface area contributed by atoms with Crippen LogP contribution in [-0.2, 0) is 10.3 Å². The molecule has 0 bridgehead atoms. The van der Waals surface area contributed by atoms with Crippen LogP contribution in [0.1, 0.15) is 32.3 Å². The van der Waals surface area contributed by atoms with Crippen molar-refractivity contribution in [2.75, 3.05) is 13.1 Å². The summed E-state index contributed by atoms with van der Waals surface area (Å²) in [5, 5.41) is 0. The summed E-state index contributed by atoms with van der Waals surface area (Å²) in [7, 11) is 0. The molecule has 1 heterocycles. The van der Waals surface area contributed by atoms with Crippen LogP contribution in [0.3, 0.4) is 0 Å². The van der Waals surface area contributed by atoms with Crippen molar-refractivity contribution < 1.29 is 9.53 Å². The maximum Gasteiger partial charge on any atom is 0.410 e. The van der Waals surface area contributed by atoms with E-state index in [1.165, 1.54) is 0 Å². The van der Waals surface area contributed by atoms with Crippen LogP contribution in [0.5, 0.6) is 0 Å². The first kappa shape index (κ1) is 12.0. The van der Waals surface area contributed by atoms with Crippen molar-refractivity contribution in [1.29, 1.82) is 0 Å². The molecule has 1 amide bonds. The summed E-state index contributed by atoms with van der Waals surface area (Å²) in [6.07, 6.45) is 1.97. The third-order valence-corrected chi connectivity index (χ3v) is 3.18. The lowest BCUT2D eigenvalue weighted by Gasteiger charge is -2.28. The predicted octanol–water partition coefficient (Wildman–Crippen LogP) is 3.15. The average Bonchev–Trinajstić information content (AvgIpc) is 2.83. The highest BCUT2D eigenvalue weighted by molar-refractivity contribution is 5.68. The van der Waals surface area contributed by atoms with Gasteiger partial charge in [-0.2, -0.15) is 0 Å². The van der Waals surface area contributed by atoms with Crippen LogP contribution in [0.2, 0.25) is 0 Å². The summed E-state index contributed by atoms with van der Waals surface area (Å²) in [6, 6.07) is 9.85. The minimum absolute atomic E-state index is 0.198. The zero-order valence-electron chi connectivity index (χ0n) is 10.5. The fourth-order valence-electron chi connectivity index (χ4n) is 2.08. The van der Waals surface area contributed by atoms with Crippen molar-refractivity contribution in [3.05, 3.63) is 35.9 Å². The summed E-state index contributed by atoms with van der Waals surface area (Å²) < 4.78 is 5.59. The molecule has 0 spiro atoms. The van der Waals surface area contributed by atoms with E-state index in [0.29, 0.717) is 0 Å². The van der Waals surface area contributed by atoms with Crippen LogP contribution < -0.4 is 0 Å². The maximum absolute atomic E-state index is 11.9. The van der Waals surface area contributed by atoms with Gasteiger partial charge < -0.3 is 9.64 Å². The molecule has 92 valence electrons. The Morgan fingerprint density at radius 2 is 1.76 bits per heavy atom. The quantitative estimate of drug-likeness (QED) is 0.785. The van der Waals surface area contributed by atoms with Gasteiger partial charge in [0, 0.05) is 13.1 Å². The lowest BCUT2D eigenvalue weighted by molar-refractivity contribution is 0.0149. The van der Waals surface area contributed by atoms with Gasteiger partial charge in [-0.25, -0.2) is 4.79 Å². The molecule has 3 nitrogen and oxygen atoms in total. The molecule has 0 saturated carbocycles. The summed E-state index contributed by atoms with van der Waals surface area (Å²) in [5.41, 5.74) is 0.452. The molecule has 17 heavy (non-hydrogen) atoms. The van der Waals surface area contributed by atoms with Crippen molar-refractivity contribution in [1.82, 2.24) is 4.90 Å². The van der Waals surface area contributed by atoms with E-state index in [0.717, 1.165) is 31.5 Å². The van der Waals surface area contributed by atoms with E-state index in [1.54, 1.807) is 4.90 Å². The summed E-state index contributed by atoms with van der Waals surface area (Å²) in [4.78, 5) is 13.7. The van der Waals surface area contributed by atoms with Crippen LogP contribution in [-0.4, -0.2) is 24.1 Å². The number of carbonyl (C=O) groups excluding carboxylic acids is 1. The van der Waals surface area contributed by atoms with Gasteiger partial charge in [-0.15, -0.1) is 0 Å². The number of ether oxygens (including phenoxy) is 1. The monoisotopic (exact) mass is 233 g/mol. The largest absolute Gasteiger partial charge is 0.438 e. The van der Waals surface area contributed by atoms with Crippen LogP contribution in [0.25, 0.3) is 0 Å². The van der Waals surface area contributed by atoms with Crippen molar-refractivity contribution in [3.8, 4) is 0 Å². The van der Waals surface area contributed by atoms with Crippen LogP contribution in [0, 0.1) is 0 Å². The fourth-order valence-corrected chi connectivity index (χ4v) is 2.08. The van der Waals surface area contributed by atoms with Gasteiger partial charge in [0.25, 0.3) is 0 Å². The van der Waals surface area contributed by atoms with Gasteiger partial charge in [0.2, 0.25) is 0 Å². The van der Waals surface area contributed by atoms with E-state index in [1.807, 2.05) is 44.2 Å². The molecular formula is C14H19NO2. The molecule has 2 rings (SSSR count). The molecule has 0 N–H and O–H groups in total. The second kappa shape index (κ2) is 4.78. The molecule has 1 aromatic carbocycles. The fraction of sp³-hybridized carbons (Fsp3) is 0.500. The average molecular weight is 233 g/mol. The van der Waals surface area contributed by atoms with Gasteiger partial charge in [-0.3, -0.25) is 0 Å². The Balaban J connectivity index is 2.04. The Hall–Kier alpha value is -1.51. The number of hydrogen-bond acceptors (Lipinski definition) is 2. The molecule has 1 aliphatic heterocycles. The number of hydrogen-bond donors (Lipinski definition) is 0. The normalized spacial score (nSPS) is 16.0. The molecule has 1 saturated heterocycles. The van der Waals surface area contributed by atoms with Crippen molar-refractivity contribution in [2.45, 2.75) is 32.3 Å². The number of rotatable bonds is 2. The number of nitrogens with zero attached hydrogens (tertiary/aromatic N) is 1. The molecule has 0 radical (unpaired) electrons. The standard InChI is InChI=1S/C14H19NO2/c1-14(2,12-8-4-3-5-9-12)17-13(16)15-10-6-7-11-15/h3-5,8-9H,6-7,10-11H2,1-2H3. The molecule has 0 unspecified atom stereocenters. The Labute approximate surface area is 102 Å². The first-order chi connectivity index (χ1) is 8.09. The Kier molecular flexibility index (Phi) is 3.36. The molecule has 1 fully saturated rings. The highest BCUT2D eigenvalue weighted by atomic mass is 16.6. The highest BCUT2D eigenvalue weighted by Gasteiger charge is 2.28. The van der Waals surface area contributed by atoms with E-state index in [9.17, 15) is 4.79 Å². The van der Waals surface area contributed by atoms with Gasteiger partial charge in [-0.05, 0) is 32.3 Å². The first-order valence-corrected chi connectivity index (χ1v) is 6.13. The van der Waals surface area contributed by atoms with Gasteiger partial charge in [-0.1, -0.05) is 30.3 Å². The van der Waals surface area contributed by atoms with Crippen LogP contribution >= 0.6 is 0 Å². The van der Waals surface area contributed by atoms with E-state index in [4.69, 9.17) is 4.74 Å². The lowest BCUT2D eigenvalue weighted by atomic mass is 9.98. The summed E-state index contributed by atoms with van der Waals surface area (Å²) in [6.45, 7) is 5.50. The van der Waals surface area contributed by atoms with Gasteiger partial charge in [0.1, 0.15) is 5.60 Å². The van der Waals surface area contributed by atoms with E-state index >= 15 is 0 Å². The van der Waals surface area contributed by atoms with Crippen molar-refractivity contribution in [2.24, 2.45) is 0 Å². The van der Waals surface area contributed by atoms with Crippen molar-refractivity contribution >= 4 is 6.09 Å². The topological polar surface area (TPSA) is 29.5 Å². The minimum Gasteiger partial charge on any atom is -0.438 e. The second-order valence-electron chi connectivity index (χ2n) is 4.94. The molecule has 1 aromatic rings. The van der Waals surface area contributed by atoms with Crippen molar-refractivity contribution in [3.63, 3.8) is 0 Å². The maximum atomic E-state index is 11.9. The third kappa shape index (κ3) is 2.78. The summed E-state index contributed by atoms with van der Waals surface area (Å²) in [5.74, 6) is 0. The molecule has 0 atom stereocenters. The minimum atomic E-state index is -0.569. The van der Waals surface area contributed by atoms with Crippen LogP contribution in [0.15, 0.2) is 30.3 Å². The van der Waals surface area contributed by atoms with E-state index in [2.05, 4.69) is 0 Å². The summed E-state index contributed by atoms with van der Waals surface area (Å²) >= 11 is 0. The highest BCUT2D eigenvalue weighted by Crippen LogP contribution is 2.25. The zero-order valence-corrected chi connectivity index (χ0v) is 10.5. The smallest absolute Gasteiger partial charge is 0.410 e. The lowest BCUT2D eigenvalue weighted by Crippen LogP contribution is -2.35.